The van der Waals surface area contributed by atoms with Crippen LogP contribution in [0.3, 0.4) is 0 Å². The first kappa shape index (κ1) is 15.8. The van der Waals surface area contributed by atoms with Crippen LogP contribution in [0.2, 0.25) is 0 Å². The van der Waals surface area contributed by atoms with Crippen LogP contribution in [0.5, 0.6) is 0 Å². The number of hydrogen-bond donors (Lipinski definition) is 1. The van der Waals surface area contributed by atoms with Gasteiger partial charge in [0.05, 0.1) is 0 Å². The standard InChI is InChI=1S/C17H18F3N3/c18-17(19,20)15-13-9-5-2-6-10-14(13)22-16(23-15)21-11-12-7-3-1-4-8-12/h1,3-4,7-8H,2,5-6,9-11H2,(H,21,22,23). The Morgan fingerprint density at radius 1 is 0.957 bits per heavy atom. The number of hydrogen-bond acceptors (Lipinski definition) is 3. The lowest BCUT2D eigenvalue weighted by Gasteiger charge is -2.16. The average Bonchev–Trinajstić information content (AvgIpc) is 2.77. The van der Waals surface area contributed by atoms with E-state index >= 15 is 0 Å². The lowest BCUT2D eigenvalue weighted by atomic mass is 10.1. The highest BCUT2D eigenvalue weighted by atomic mass is 19.4. The van der Waals surface area contributed by atoms with Gasteiger partial charge in [0.1, 0.15) is 0 Å². The van der Waals surface area contributed by atoms with Gasteiger partial charge in [-0.2, -0.15) is 13.2 Å². The van der Waals surface area contributed by atoms with E-state index in [1.807, 2.05) is 30.3 Å². The molecule has 3 nitrogen and oxygen atoms in total. The Labute approximate surface area is 133 Å². The fourth-order valence-corrected chi connectivity index (χ4v) is 2.86. The van der Waals surface area contributed by atoms with E-state index in [-0.39, 0.29) is 11.5 Å². The number of benzene rings is 1. The summed E-state index contributed by atoms with van der Waals surface area (Å²) in [6, 6.07) is 9.47. The lowest BCUT2D eigenvalue weighted by Crippen LogP contribution is -2.17. The summed E-state index contributed by atoms with van der Waals surface area (Å²) in [7, 11) is 0. The molecule has 0 fully saturated rings. The molecule has 1 aromatic carbocycles. The molecule has 1 aliphatic rings. The van der Waals surface area contributed by atoms with Crippen molar-refractivity contribution in [2.24, 2.45) is 0 Å². The molecule has 0 atom stereocenters. The smallest absolute Gasteiger partial charge is 0.350 e. The fraction of sp³-hybridized carbons (Fsp3) is 0.412. The zero-order valence-electron chi connectivity index (χ0n) is 12.7. The Kier molecular flexibility index (Phi) is 4.50. The minimum absolute atomic E-state index is 0.0572. The summed E-state index contributed by atoms with van der Waals surface area (Å²) in [5.41, 5.74) is 1.01. The van der Waals surface area contributed by atoms with Crippen molar-refractivity contribution in [3.8, 4) is 0 Å². The van der Waals surface area contributed by atoms with E-state index < -0.39 is 11.9 Å². The van der Waals surface area contributed by atoms with Gasteiger partial charge in [-0.15, -0.1) is 0 Å². The van der Waals surface area contributed by atoms with E-state index in [0.717, 1.165) is 24.8 Å². The molecule has 0 bridgehead atoms. The third kappa shape index (κ3) is 3.81. The predicted octanol–water partition coefficient (Wildman–Crippen LogP) is 4.38. The van der Waals surface area contributed by atoms with Crippen LogP contribution in [-0.4, -0.2) is 9.97 Å². The Morgan fingerprint density at radius 2 is 1.70 bits per heavy atom. The van der Waals surface area contributed by atoms with E-state index in [2.05, 4.69) is 15.3 Å². The summed E-state index contributed by atoms with van der Waals surface area (Å²) in [4.78, 5) is 8.11. The summed E-state index contributed by atoms with van der Waals surface area (Å²) >= 11 is 0. The van der Waals surface area contributed by atoms with Crippen molar-refractivity contribution in [3.63, 3.8) is 0 Å². The molecule has 1 aromatic heterocycles. The van der Waals surface area contributed by atoms with Crippen molar-refractivity contribution in [1.82, 2.24) is 9.97 Å². The molecule has 23 heavy (non-hydrogen) atoms. The second-order valence-electron chi connectivity index (χ2n) is 5.72. The highest BCUT2D eigenvalue weighted by molar-refractivity contribution is 5.38. The molecule has 6 heteroatoms. The zero-order valence-corrected chi connectivity index (χ0v) is 12.7. The molecule has 1 heterocycles. The van der Waals surface area contributed by atoms with E-state index in [0.29, 0.717) is 25.1 Å². The Hall–Kier alpha value is -2.11. The zero-order chi connectivity index (χ0) is 16.3. The highest BCUT2D eigenvalue weighted by Gasteiger charge is 2.37. The van der Waals surface area contributed by atoms with Crippen LogP contribution in [0.25, 0.3) is 0 Å². The first-order valence-electron chi connectivity index (χ1n) is 7.79. The normalized spacial score (nSPS) is 14.9. The van der Waals surface area contributed by atoms with Gasteiger partial charge in [0.15, 0.2) is 5.69 Å². The van der Waals surface area contributed by atoms with Crippen LogP contribution in [0.1, 0.15) is 41.8 Å². The van der Waals surface area contributed by atoms with Crippen molar-refractivity contribution in [2.75, 3.05) is 5.32 Å². The maximum absolute atomic E-state index is 13.3. The summed E-state index contributed by atoms with van der Waals surface area (Å²) in [5, 5.41) is 2.92. The summed E-state index contributed by atoms with van der Waals surface area (Å²) in [5.74, 6) is 0.0572. The van der Waals surface area contributed by atoms with Crippen molar-refractivity contribution in [2.45, 2.75) is 44.8 Å². The highest BCUT2D eigenvalue weighted by Crippen LogP contribution is 2.34. The Balaban J connectivity index is 1.90. The number of aryl methyl sites for hydroxylation is 1. The largest absolute Gasteiger partial charge is 0.433 e. The molecule has 0 aliphatic heterocycles. The van der Waals surface area contributed by atoms with Gasteiger partial charge in [-0.1, -0.05) is 36.8 Å². The second-order valence-corrected chi connectivity index (χ2v) is 5.72. The number of aromatic nitrogens is 2. The first-order valence-corrected chi connectivity index (χ1v) is 7.79. The van der Waals surface area contributed by atoms with Gasteiger partial charge in [-0.05, 0) is 31.2 Å². The van der Waals surface area contributed by atoms with Gasteiger partial charge in [0, 0.05) is 17.8 Å². The molecule has 0 unspecified atom stereocenters. The molecule has 1 N–H and O–H groups in total. The average molecular weight is 321 g/mol. The SMILES string of the molecule is FC(F)(F)c1nc(NCc2ccccc2)nc2c1CCCCC2. The summed E-state index contributed by atoms with van der Waals surface area (Å²) in [6.07, 6.45) is -0.888. The van der Waals surface area contributed by atoms with Crippen LogP contribution < -0.4 is 5.32 Å². The van der Waals surface area contributed by atoms with E-state index in [1.54, 1.807) is 0 Å². The quantitative estimate of drug-likeness (QED) is 0.853. The Bertz CT molecular complexity index is 669. The minimum Gasteiger partial charge on any atom is -0.350 e. The molecule has 3 rings (SSSR count). The molecular formula is C17H18F3N3. The molecule has 0 spiro atoms. The van der Waals surface area contributed by atoms with Gasteiger partial charge in [0.2, 0.25) is 5.95 Å². The minimum atomic E-state index is -4.44. The third-order valence-electron chi connectivity index (χ3n) is 4.00. The van der Waals surface area contributed by atoms with Crippen molar-refractivity contribution in [3.05, 3.63) is 52.8 Å². The number of nitrogens with one attached hydrogen (secondary N) is 1. The number of halogens is 3. The van der Waals surface area contributed by atoms with Gasteiger partial charge in [0.25, 0.3) is 0 Å². The summed E-state index contributed by atoms with van der Waals surface area (Å²) < 4.78 is 40.0. The maximum atomic E-state index is 13.3. The molecular weight excluding hydrogens is 303 g/mol. The molecule has 0 saturated carbocycles. The Morgan fingerprint density at radius 3 is 2.43 bits per heavy atom. The number of fused-ring (bicyclic) bond motifs is 1. The number of nitrogens with zero attached hydrogens (tertiary/aromatic N) is 2. The molecule has 122 valence electrons. The van der Waals surface area contributed by atoms with Gasteiger partial charge >= 0.3 is 6.18 Å². The topological polar surface area (TPSA) is 37.8 Å². The maximum Gasteiger partial charge on any atom is 0.433 e. The first-order chi connectivity index (χ1) is 11.0. The van der Waals surface area contributed by atoms with Crippen molar-refractivity contribution in [1.29, 1.82) is 0 Å². The number of rotatable bonds is 3. The van der Waals surface area contributed by atoms with Crippen LogP contribution in [0.4, 0.5) is 19.1 Å². The number of anilines is 1. The van der Waals surface area contributed by atoms with Crippen LogP contribution in [0, 0.1) is 0 Å². The second kappa shape index (κ2) is 6.56. The van der Waals surface area contributed by atoms with Crippen LogP contribution in [-0.2, 0) is 25.6 Å². The van der Waals surface area contributed by atoms with Gasteiger partial charge in [-0.3, -0.25) is 0 Å². The van der Waals surface area contributed by atoms with Crippen LogP contribution >= 0.6 is 0 Å². The predicted molar refractivity (Wildman–Crippen MR) is 82.1 cm³/mol. The van der Waals surface area contributed by atoms with Crippen molar-refractivity contribution >= 4 is 5.95 Å². The van der Waals surface area contributed by atoms with E-state index in [4.69, 9.17) is 0 Å². The van der Waals surface area contributed by atoms with Crippen molar-refractivity contribution < 1.29 is 13.2 Å². The molecule has 1 aliphatic carbocycles. The summed E-state index contributed by atoms with van der Waals surface area (Å²) in [6.45, 7) is 0.400. The monoisotopic (exact) mass is 321 g/mol. The fourth-order valence-electron chi connectivity index (χ4n) is 2.86. The third-order valence-corrected chi connectivity index (χ3v) is 4.00. The van der Waals surface area contributed by atoms with Crippen LogP contribution in [0.15, 0.2) is 30.3 Å². The van der Waals surface area contributed by atoms with E-state index in [1.165, 1.54) is 0 Å². The van der Waals surface area contributed by atoms with Gasteiger partial charge < -0.3 is 5.32 Å². The molecule has 0 saturated heterocycles. The molecule has 0 radical (unpaired) electrons. The molecule has 0 amide bonds. The lowest BCUT2D eigenvalue weighted by molar-refractivity contribution is -0.141. The van der Waals surface area contributed by atoms with Gasteiger partial charge in [-0.25, -0.2) is 9.97 Å². The van der Waals surface area contributed by atoms with E-state index in [9.17, 15) is 13.2 Å². The number of alkyl halides is 3. The molecule has 2 aromatic rings.